The van der Waals surface area contributed by atoms with E-state index in [1.807, 2.05) is 27.7 Å². The maximum absolute atomic E-state index is 13.3. The standard InChI is InChI=1S/C28H46O6/c1-15(2)20(29)13-24(32)27(6,33)23-8-10-28(34)18-11-22(31)19-12-21(30)16(3)14-25(19,4)17(18)7-9-26(23,28)5/h11,15-17,19-21,23-24,29-30,32-34H,7-10,12-14H2,1-6H3/t16-,17-,19-,20-,21+,23-,24+,25+,26+,27+,28+/m0/s1. The molecular weight excluding hydrogens is 432 g/mol. The fourth-order valence-electron chi connectivity index (χ4n) is 8.60. The molecule has 194 valence electrons. The first kappa shape index (κ1) is 26.3. The Balaban J connectivity index is 1.68. The number of hydrogen-bond acceptors (Lipinski definition) is 6. The van der Waals surface area contributed by atoms with Crippen LogP contribution in [0.1, 0.15) is 86.5 Å². The van der Waals surface area contributed by atoms with Crippen molar-refractivity contribution >= 4 is 5.78 Å². The molecule has 34 heavy (non-hydrogen) atoms. The van der Waals surface area contributed by atoms with Crippen molar-refractivity contribution in [3.8, 4) is 0 Å². The Kier molecular flexibility index (Phi) is 6.47. The minimum atomic E-state index is -1.48. The van der Waals surface area contributed by atoms with E-state index in [1.165, 1.54) is 0 Å². The van der Waals surface area contributed by atoms with E-state index < -0.39 is 34.9 Å². The van der Waals surface area contributed by atoms with Crippen LogP contribution < -0.4 is 0 Å². The average molecular weight is 479 g/mol. The van der Waals surface area contributed by atoms with E-state index in [9.17, 15) is 30.3 Å². The first-order valence-electron chi connectivity index (χ1n) is 13.3. The number of fused-ring (bicyclic) bond motifs is 5. The summed E-state index contributed by atoms with van der Waals surface area (Å²) in [6, 6.07) is 0. The van der Waals surface area contributed by atoms with Gasteiger partial charge < -0.3 is 25.5 Å². The van der Waals surface area contributed by atoms with E-state index in [0.717, 1.165) is 18.4 Å². The monoisotopic (exact) mass is 478 g/mol. The fraction of sp³-hybridized carbons (Fsp3) is 0.893. The molecule has 6 nitrogen and oxygen atoms in total. The van der Waals surface area contributed by atoms with Crippen molar-refractivity contribution in [2.24, 2.45) is 40.4 Å². The summed E-state index contributed by atoms with van der Waals surface area (Å²) >= 11 is 0. The van der Waals surface area contributed by atoms with E-state index in [1.54, 1.807) is 13.0 Å². The van der Waals surface area contributed by atoms with Crippen LogP contribution in [0.4, 0.5) is 0 Å². The summed E-state index contributed by atoms with van der Waals surface area (Å²) < 4.78 is 0. The summed E-state index contributed by atoms with van der Waals surface area (Å²) in [5.74, 6) is -0.433. The molecule has 0 saturated heterocycles. The number of carbonyl (C=O) groups excluding carboxylic acids is 1. The number of allylic oxidation sites excluding steroid dienone is 1. The van der Waals surface area contributed by atoms with Gasteiger partial charge in [0.25, 0.3) is 0 Å². The molecule has 3 saturated carbocycles. The Morgan fingerprint density at radius 1 is 1.15 bits per heavy atom. The lowest BCUT2D eigenvalue weighted by atomic mass is 9.45. The smallest absolute Gasteiger partial charge is 0.159 e. The van der Waals surface area contributed by atoms with Crippen LogP contribution >= 0.6 is 0 Å². The molecule has 0 aromatic heterocycles. The molecule has 0 heterocycles. The van der Waals surface area contributed by atoms with E-state index >= 15 is 0 Å². The molecule has 4 aliphatic carbocycles. The second kappa shape index (κ2) is 8.37. The van der Waals surface area contributed by atoms with Gasteiger partial charge in [0.15, 0.2) is 5.78 Å². The highest BCUT2D eigenvalue weighted by Crippen LogP contribution is 2.68. The van der Waals surface area contributed by atoms with Crippen molar-refractivity contribution in [1.29, 1.82) is 0 Å². The van der Waals surface area contributed by atoms with E-state index in [2.05, 4.69) is 6.92 Å². The zero-order valence-electron chi connectivity index (χ0n) is 21.8. The molecule has 0 spiro atoms. The summed E-state index contributed by atoms with van der Waals surface area (Å²) in [7, 11) is 0. The number of aliphatic hydroxyl groups excluding tert-OH is 3. The van der Waals surface area contributed by atoms with Gasteiger partial charge in [-0.25, -0.2) is 0 Å². The molecule has 4 aliphatic rings. The number of hydrogen-bond donors (Lipinski definition) is 5. The number of carbonyl (C=O) groups is 1. The van der Waals surface area contributed by atoms with Crippen molar-refractivity contribution in [3.63, 3.8) is 0 Å². The Morgan fingerprint density at radius 2 is 1.79 bits per heavy atom. The Morgan fingerprint density at radius 3 is 2.41 bits per heavy atom. The largest absolute Gasteiger partial charge is 0.393 e. The first-order chi connectivity index (χ1) is 15.6. The van der Waals surface area contributed by atoms with Gasteiger partial charge in [-0.3, -0.25) is 4.79 Å². The van der Waals surface area contributed by atoms with Gasteiger partial charge in [0.1, 0.15) is 0 Å². The van der Waals surface area contributed by atoms with Crippen LogP contribution in [0, 0.1) is 40.4 Å². The predicted molar refractivity (Wildman–Crippen MR) is 130 cm³/mol. The second-order valence-electron chi connectivity index (χ2n) is 13.3. The quantitative estimate of drug-likeness (QED) is 0.415. The highest BCUT2D eigenvalue weighted by molar-refractivity contribution is 5.95. The summed E-state index contributed by atoms with van der Waals surface area (Å²) in [6.07, 6.45) is 3.18. The minimum absolute atomic E-state index is 0.00711. The van der Waals surface area contributed by atoms with E-state index in [0.29, 0.717) is 25.7 Å². The van der Waals surface area contributed by atoms with Gasteiger partial charge >= 0.3 is 0 Å². The van der Waals surface area contributed by atoms with Crippen molar-refractivity contribution in [2.45, 2.75) is 116 Å². The average Bonchev–Trinajstić information content (AvgIpc) is 3.02. The van der Waals surface area contributed by atoms with Gasteiger partial charge in [0.05, 0.1) is 29.5 Å². The number of aliphatic hydroxyl groups is 5. The lowest BCUT2D eigenvalue weighted by molar-refractivity contribution is -0.177. The third-order valence-electron chi connectivity index (χ3n) is 11.1. The van der Waals surface area contributed by atoms with Gasteiger partial charge in [0.2, 0.25) is 0 Å². The van der Waals surface area contributed by atoms with Crippen LogP contribution in [0.15, 0.2) is 11.6 Å². The Bertz CT molecular complexity index is 850. The third kappa shape index (κ3) is 3.58. The fourth-order valence-corrected chi connectivity index (χ4v) is 8.60. The molecular formula is C28H46O6. The van der Waals surface area contributed by atoms with E-state index in [-0.39, 0.29) is 47.2 Å². The Hall–Kier alpha value is -0.790. The lowest BCUT2D eigenvalue weighted by Gasteiger charge is -2.61. The lowest BCUT2D eigenvalue weighted by Crippen LogP contribution is -2.62. The van der Waals surface area contributed by atoms with Crippen LogP contribution in [0.3, 0.4) is 0 Å². The van der Waals surface area contributed by atoms with Crippen LogP contribution in [0.5, 0.6) is 0 Å². The van der Waals surface area contributed by atoms with Crippen molar-refractivity contribution in [3.05, 3.63) is 11.6 Å². The van der Waals surface area contributed by atoms with Crippen LogP contribution in [0.2, 0.25) is 0 Å². The maximum Gasteiger partial charge on any atom is 0.159 e. The van der Waals surface area contributed by atoms with Gasteiger partial charge in [-0.05, 0) is 86.2 Å². The van der Waals surface area contributed by atoms with Crippen molar-refractivity contribution in [2.75, 3.05) is 0 Å². The summed E-state index contributed by atoms with van der Waals surface area (Å²) in [4.78, 5) is 13.3. The zero-order chi connectivity index (χ0) is 25.4. The van der Waals surface area contributed by atoms with Crippen LogP contribution in [0.25, 0.3) is 0 Å². The maximum atomic E-state index is 13.3. The normalized spacial score (nSPS) is 47.8. The van der Waals surface area contributed by atoms with Crippen molar-refractivity contribution < 1.29 is 30.3 Å². The van der Waals surface area contributed by atoms with Crippen LogP contribution in [-0.4, -0.2) is 60.8 Å². The molecule has 5 N–H and O–H groups in total. The number of rotatable bonds is 5. The minimum Gasteiger partial charge on any atom is -0.393 e. The van der Waals surface area contributed by atoms with Crippen LogP contribution in [-0.2, 0) is 4.79 Å². The molecule has 0 unspecified atom stereocenters. The van der Waals surface area contributed by atoms with Gasteiger partial charge in [-0.1, -0.05) is 34.6 Å². The van der Waals surface area contributed by atoms with Gasteiger partial charge in [0, 0.05) is 17.8 Å². The molecule has 0 aromatic carbocycles. The molecule has 0 radical (unpaired) electrons. The zero-order valence-corrected chi connectivity index (χ0v) is 21.8. The molecule has 4 rings (SSSR count). The molecule has 0 aromatic rings. The predicted octanol–water partition coefficient (Wildman–Crippen LogP) is 2.99. The SMILES string of the molecule is CC(C)[C@@H](O)C[C@@H](O)[C@](C)(O)[C@H]1CC[C@@]2(O)C3=CC(=O)[C@@H]4C[C@@H](O)[C@@H](C)C[C@]4(C)[C@H]3CC[C@]12C. The highest BCUT2D eigenvalue weighted by Gasteiger charge is 2.69. The first-order valence-corrected chi connectivity index (χ1v) is 13.3. The molecule has 0 amide bonds. The van der Waals surface area contributed by atoms with E-state index in [4.69, 9.17) is 0 Å². The third-order valence-corrected chi connectivity index (χ3v) is 11.1. The molecule has 11 atom stereocenters. The second-order valence-corrected chi connectivity index (χ2v) is 13.3. The molecule has 3 fully saturated rings. The summed E-state index contributed by atoms with van der Waals surface area (Å²) in [5, 5.41) is 55.7. The molecule has 0 bridgehead atoms. The number of ketones is 1. The topological polar surface area (TPSA) is 118 Å². The highest BCUT2D eigenvalue weighted by atomic mass is 16.3. The van der Waals surface area contributed by atoms with Gasteiger partial charge in [-0.2, -0.15) is 0 Å². The molecule has 0 aliphatic heterocycles. The summed E-state index contributed by atoms with van der Waals surface area (Å²) in [5.41, 5.74) is -2.87. The van der Waals surface area contributed by atoms with Crippen molar-refractivity contribution in [1.82, 2.24) is 0 Å². The summed E-state index contributed by atoms with van der Waals surface area (Å²) in [6.45, 7) is 11.6. The Labute approximate surface area is 204 Å². The molecule has 6 heteroatoms. The van der Waals surface area contributed by atoms with Gasteiger partial charge in [-0.15, -0.1) is 0 Å².